The van der Waals surface area contributed by atoms with E-state index in [1.165, 1.54) is 10.8 Å². The maximum Gasteiger partial charge on any atom is 0.136 e. The SMILES string of the molecule is [2H]C([2H])(c1ccc(-c2ccnc(-c3ccc4oc5ccc6ccccc6c5c4c3)c2)cc1)C(C)(C)C. The first-order valence-electron chi connectivity index (χ1n) is 12.6. The van der Waals surface area contributed by atoms with E-state index in [1.54, 1.807) is 0 Å². The zero-order chi connectivity index (χ0) is 25.1. The van der Waals surface area contributed by atoms with Crippen LogP contribution in [-0.4, -0.2) is 4.98 Å². The van der Waals surface area contributed by atoms with Crippen molar-refractivity contribution in [3.8, 4) is 22.4 Å². The highest BCUT2D eigenvalue weighted by atomic mass is 16.3. The van der Waals surface area contributed by atoms with Gasteiger partial charge in [0, 0.05) is 25.3 Å². The van der Waals surface area contributed by atoms with Crippen molar-refractivity contribution in [2.75, 3.05) is 0 Å². The molecule has 0 radical (unpaired) electrons. The molecule has 2 aromatic heterocycles. The van der Waals surface area contributed by atoms with Gasteiger partial charge in [0.25, 0.3) is 0 Å². The predicted octanol–water partition coefficient (Wildman–Crippen LogP) is 9.06. The van der Waals surface area contributed by atoms with Crippen molar-refractivity contribution in [3.63, 3.8) is 0 Å². The van der Waals surface area contributed by atoms with Gasteiger partial charge in [-0.25, -0.2) is 0 Å². The summed E-state index contributed by atoms with van der Waals surface area (Å²) < 4.78 is 23.3. The van der Waals surface area contributed by atoms with Crippen LogP contribution in [0.25, 0.3) is 55.1 Å². The van der Waals surface area contributed by atoms with Crippen molar-refractivity contribution in [3.05, 3.63) is 103 Å². The molecule has 6 rings (SSSR count). The monoisotopic (exact) mass is 443 g/mol. The van der Waals surface area contributed by atoms with Crippen molar-refractivity contribution in [1.29, 1.82) is 0 Å². The maximum absolute atomic E-state index is 8.55. The molecule has 0 amide bonds. The Morgan fingerprint density at radius 1 is 0.735 bits per heavy atom. The van der Waals surface area contributed by atoms with Crippen LogP contribution in [0, 0.1) is 5.41 Å². The van der Waals surface area contributed by atoms with Gasteiger partial charge in [-0.2, -0.15) is 0 Å². The summed E-state index contributed by atoms with van der Waals surface area (Å²) in [5.41, 5.74) is 5.96. The Labute approximate surface area is 202 Å². The van der Waals surface area contributed by atoms with E-state index in [0.717, 1.165) is 44.3 Å². The van der Waals surface area contributed by atoms with Crippen molar-refractivity contribution in [1.82, 2.24) is 4.98 Å². The van der Waals surface area contributed by atoms with Crippen LogP contribution in [0.3, 0.4) is 0 Å². The van der Waals surface area contributed by atoms with Crippen molar-refractivity contribution in [2.45, 2.75) is 27.1 Å². The molecule has 6 aromatic rings. The van der Waals surface area contributed by atoms with E-state index in [0.29, 0.717) is 5.56 Å². The highest BCUT2D eigenvalue weighted by molar-refractivity contribution is 6.19. The minimum absolute atomic E-state index is 0.487. The Morgan fingerprint density at radius 3 is 2.32 bits per heavy atom. The quantitative estimate of drug-likeness (QED) is 0.273. The Balaban J connectivity index is 1.42. The van der Waals surface area contributed by atoms with Crippen LogP contribution in [0.15, 0.2) is 102 Å². The molecular formula is C32H27NO. The normalized spacial score (nSPS) is 13.4. The van der Waals surface area contributed by atoms with E-state index in [-0.39, 0.29) is 0 Å². The summed E-state index contributed by atoms with van der Waals surface area (Å²) in [7, 11) is 0. The van der Waals surface area contributed by atoms with Crippen LogP contribution < -0.4 is 0 Å². The molecule has 2 nitrogen and oxygen atoms in total. The van der Waals surface area contributed by atoms with Gasteiger partial charge in [-0.3, -0.25) is 4.98 Å². The molecule has 166 valence electrons. The second kappa shape index (κ2) is 7.85. The lowest BCUT2D eigenvalue weighted by Gasteiger charge is -2.18. The van der Waals surface area contributed by atoms with E-state index < -0.39 is 11.8 Å². The number of fused-ring (bicyclic) bond motifs is 5. The van der Waals surface area contributed by atoms with Crippen molar-refractivity contribution >= 4 is 32.7 Å². The molecule has 34 heavy (non-hydrogen) atoms. The predicted molar refractivity (Wildman–Crippen MR) is 143 cm³/mol. The number of nitrogens with zero attached hydrogens (tertiary/aromatic N) is 1. The molecular weight excluding hydrogens is 414 g/mol. The van der Waals surface area contributed by atoms with Gasteiger partial charge in [-0.05, 0) is 75.6 Å². The summed E-state index contributed by atoms with van der Waals surface area (Å²) in [4.78, 5) is 4.67. The molecule has 0 saturated heterocycles. The fraction of sp³-hybridized carbons (Fsp3) is 0.156. The second-order valence-corrected chi connectivity index (χ2v) is 9.85. The first kappa shape index (κ1) is 18.5. The first-order chi connectivity index (χ1) is 17.2. The maximum atomic E-state index is 8.55. The number of hydrogen-bond acceptors (Lipinski definition) is 2. The fourth-order valence-corrected chi connectivity index (χ4v) is 4.65. The first-order valence-corrected chi connectivity index (χ1v) is 11.6. The van der Waals surface area contributed by atoms with E-state index in [1.807, 2.05) is 69.4 Å². The summed E-state index contributed by atoms with van der Waals surface area (Å²) in [5.74, 6) is 0. The molecule has 0 N–H and O–H groups in total. The Morgan fingerprint density at radius 2 is 1.50 bits per heavy atom. The minimum atomic E-state index is -1.41. The molecule has 0 spiro atoms. The zero-order valence-electron chi connectivity index (χ0n) is 21.6. The van der Waals surface area contributed by atoms with E-state index in [2.05, 4.69) is 53.5 Å². The van der Waals surface area contributed by atoms with E-state index in [9.17, 15) is 0 Å². The number of benzene rings is 4. The summed E-state index contributed by atoms with van der Waals surface area (Å²) in [6.45, 7) is 5.79. The molecule has 0 aliphatic carbocycles. The van der Waals surface area contributed by atoms with Crippen LogP contribution in [0.1, 0.15) is 29.1 Å². The lowest BCUT2D eigenvalue weighted by atomic mass is 9.87. The molecule has 0 saturated carbocycles. The van der Waals surface area contributed by atoms with Crippen LogP contribution in [0.2, 0.25) is 0 Å². The highest BCUT2D eigenvalue weighted by Gasteiger charge is 2.13. The number of hydrogen-bond donors (Lipinski definition) is 0. The number of pyridine rings is 1. The standard InChI is InChI=1S/C32H27NO/c1-32(2,3)20-21-8-10-22(11-9-21)24-16-17-33-28(19-24)25-13-14-29-27(18-25)31-26-7-5-4-6-23(26)12-15-30(31)34-29/h4-19H,20H2,1-3H3/i20D2. The molecule has 2 heterocycles. The Bertz CT molecular complexity index is 1740. The molecule has 0 aliphatic rings. The highest BCUT2D eigenvalue weighted by Crippen LogP contribution is 2.37. The van der Waals surface area contributed by atoms with Gasteiger partial charge in [-0.1, -0.05) is 75.4 Å². The molecule has 4 aromatic carbocycles. The van der Waals surface area contributed by atoms with Crippen LogP contribution in [0.5, 0.6) is 0 Å². The molecule has 0 bridgehead atoms. The minimum Gasteiger partial charge on any atom is -0.456 e. The average Bonchev–Trinajstić information content (AvgIpc) is 3.26. The molecule has 0 aliphatic heterocycles. The Hall–Kier alpha value is -3.91. The lowest BCUT2D eigenvalue weighted by molar-refractivity contribution is 0.411. The van der Waals surface area contributed by atoms with Gasteiger partial charge >= 0.3 is 0 Å². The van der Waals surface area contributed by atoms with Crippen molar-refractivity contribution in [2.24, 2.45) is 5.41 Å². The summed E-state index contributed by atoms with van der Waals surface area (Å²) in [6, 6.07) is 30.7. The summed E-state index contributed by atoms with van der Waals surface area (Å²) in [6.07, 6.45) is 0.419. The van der Waals surface area contributed by atoms with Gasteiger partial charge in [-0.15, -0.1) is 0 Å². The van der Waals surface area contributed by atoms with Crippen LogP contribution >= 0.6 is 0 Å². The second-order valence-electron chi connectivity index (χ2n) is 9.85. The average molecular weight is 444 g/mol. The molecule has 0 fully saturated rings. The van der Waals surface area contributed by atoms with Gasteiger partial charge in [0.1, 0.15) is 11.2 Å². The number of rotatable bonds is 3. The number of furan rings is 1. The molecule has 0 atom stereocenters. The van der Waals surface area contributed by atoms with Crippen molar-refractivity contribution < 1.29 is 7.16 Å². The lowest BCUT2D eigenvalue weighted by Crippen LogP contribution is -2.08. The van der Waals surface area contributed by atoms with E-state index in [4.69, 9.17) is 7.16 Å². The third-order valence-corrected chi connectivity index (χ3v) is 6.15. The Kier molecular flexibility index (Phi) is 4.27. The topological polar surface area (TPSA) is 26.0 Å². The number of aromatic nitrogens is 1. The molecule has 2 heteroatoms. The third kappa shape index (κ3) is 3.76. The van der Waals surface area contributed by atoms with Crippen LogP contribution in [0.4, 0.5) is 0 Å². The van der Waals surface area contributed by atoms with Gasteiger partial charge in [0.2, 0.25) is 0 Å². The van der Waals surface area contributed by atoms with Crippen LogP contribution in [-0.2, 0) is 6.37 Å². The van der Waals surface area contributed by atoms with Gasteiger partial charge < -0.3 is 4.42 Å². The zero-order valence-corrected chi connectivity index (χ0v) is 19.6. The summed E-state index contributed by atoms with van der Waals surface area (Å²) >= 11 is 0. The molecule has 0 unspecified atom stereocenters. The third-order valence-electron chi connectivity index (χ3n) is 6.15. The van der Waals surface area contributed by atoms with E-state index >= 15 is 0 Å². The van der Waals surface area contributed by atoms with Gasteiger partial charge in [0.15, 0.2) is 0 Å². The van der Waals surface area contributed by atoms with Gasteiger partial charge in [0.05, 0.1) is 5.69 Å². The fourth-order valence-electron chi connectivity index (χ4n) is 4.65. The summed E-state index contributed by atoms with van der Waals surface area (Å²) in [5, 5.41) is 4.59. The largest absolute Gasteiger partial charge is 0.456 e. The smallest absolute Gasteiger partial charge is 0.136 e.